The van der Waals surface area contributed by atoms with Gasteiger partial charge >= 0.3 is 0 Å². The molecule has 1 atom stereocenters. The van der Waals surface area contributed by atoms with Crippen LogP contribution in [0.5, 0.6) is 0 Å². The molecule has 1 saturated heterocycles. The number of H-pyrrole nitrogens is 1. The number of oxazole rings is 1. The Labute approximate surface area is 129 Å². The molecule has 0 bridgehead atoms. The molecule has 0 aliphatic carbocycles. The predicted molar refractivity (Wildman–Crippen MR) is 85.1 cm³/mol. The third kappa shape index (κ3) is 2.57. The first-order valence-corrected chi connectivity index (χ1v) is 7.77. The summed E-state index contributed by atoms with van der Waals surface area (Å²) in [6, 6.07) is 14.8. The van der Waals surface area contributed by atoms with Crippen LogP contribution in [0.1, 0.15) is 30.5 Å². The molecule has 0 spiro atoms. The highest BCUT2D eigenvalue weighted by Gasteiger charge is 2.27. The number of hydrogen-bond donors (Lipinski definition) is 1. The van der Waals surface area contributed by atoms with Gasteiger partial charge in [0, 0.05) is 17.5 Å². The van der Waals surface area contributed by atoms with E-state index in [4.69, 9.17) is 4.42 Å². The van der Waals surface area contributed by atoms with Crippen LogP contribution in [0.15, 0.2) is 59.3 Å². The van der Waals surface area contributed by atoms with Crippen LogP contribution in [0.25, 0.3) is 11.3 Å². The van der Waals surface area contributed by atoms with E-state index in [2.05, 4.69) is 27.0 Å². The Kier molecular flexibility index (Phi) is 3.52. The van der Waals surface area contributed by atoms with E-state index in [1.165, 1.54) is 18.5 Å². The van der Waals surface area contributed by atoms with Crippen molar-refractivity contribution in [2.24, 2.45) is 0 Å². The van der Waals surface area contributed by atoms with Gasteiger partial charge in [-0.1, -0.05) is 30.3 Å². The van der Waals surface area contributed by atoms with Crippen LogP contribution in [0, 0.1) is 0 Å². The molecule has 22 heavy (non-hydrogen) atoms. The first-order valence-electron chi connectivity index (χ1n) is 7.77. The Morgan fingerprint density at radius 1 is 1.18 bits per heavy atom. The van der Waals surface area contributed by atoms with E-state index in [9.17, 15) is 0 Å². The number of hydrogen-bond acceptors (Lipinski definition) is 3. The Morgan fingerprint density at radius 2 is 2.09 bits per heavy atom. The van der Waals surface area contributed by atoms with Gasteiger partial charge in [-0.15, -0.1) is 0 Å². The molecule has 0 saturated carbocycles. The molecule has 2 aromatic heterocycles. The van der Waals surface area contributed by atoms with E-state index < -0.39 is 0 Å². The molecule has 1 fully saturated rings. The largest absolute Gasteiger partial charge is 0.439 e. The predicted octanol–water partition coefficient (Wildman–Crippen LogP) is 4.01. The van der Waals surface area contributed by atoms with Crippen LogP contribution in [0.3, 0.4) is 0 Å². The molecular weight excluding hydrogens is 274 g/mol. The Bertz CT molecular complexity index is 718. The van der Waals surface area contributed by atoms with Crippen molar-refractivity contribution in [1.82, 2.24) is 14.9 Å². The van der Waals surface area contributed by atoms with Crippen molar-refractivity contribution in [2.75, 3.05) is 6.54 Å². The first-order chi connectivity index (χ1) is 10.9. The Balaban J connectivity index is 1.51. The Morgan fingerprint density at radius 3 is 2.91 bits per heavy atom. The summed E-state index contributed by atoms with van der Waals surface area (Å²) in [4.78, 5) is 10.2. The highest BCUT2D eigenvalue weighted by Crippen LogP contribution is 2.32. The molecule has 3 heterocycles. The minimum absolute atomic E-state index is 0.446. The number of rotatable bonds is 4. The van der Waals surface area contributed by atoms with E-state index >= 15 is 0 Å². The zero-order valence-electron chi connectivity index (χ0n) is 12.4. The summed E-state index contributed by atoms with van der Waals surface area (Å²) in [6.45, 7) is 1.85. The van der Waals surface area contributed by atoms with Gasteiger partial charge in [0.1, 0.15) is 0 Å². The summed E-state index contributed by atoms with van der Waals surface area (Å²) >= 11 is 0. The molecule has 4 nitrogen and oxygen atoms in total. The highest BCUT2D eigenvalue weighted by molar-refractivity contribution is 5.55. The molecule has 0 unspecified atom stereocenters. The maximum atomic E-state index is 5.93. The van der Waals surface area contributed by atoms with E-state index in [-0.39, 0.29) is 0 Å². The first kappa shape index (κ1) is 13.3. The number of nitrogens with one attached hydrogen (secondary N) is 1. The number of benzene rings is 1. The molecule has 4 heteroatoms. The van der Waals surface area contributed by atoms with Crippen molar-refractivity contribution < 1.29 is 4.42 Å². The Hall–Kier alpha value is -2.33. The smallest absolute Gasteiger partial charge is 0.209 e. The standard InChI is InChI=1S/C18H19N3O/c1-2-6-14(7-3-1)17-12-20-18(22-17)13-21-11-5-9-16(21)15-8-4-10-19-15/h1-4,6-8,10,12,16,19H,5,9,11,13H2/t16-/m0/s1. The van der Waals surface area contributed by atoms with Crippen molar-refractivity contribution in [2.45, 2.75) is 25.4 Å². The van der Waals surface area contributed by atoms with E-state index in [0.29, 0.717) is 6.04 Å². The van der Waals surface area contributed by atoms with Crippen LogP contribution in [0.2, 0.25) is 0 Å². The fraction of sp³-hybridized carbons (Fsp3) is 0.278. The molecular formula is C18H19N3O. The van der Waals surface area contributed by atoms with Gasteiger partial charge in [-0.3, -0.25) is 4.90 Å². The molecule has 1 N–H and O–H groups in total. The van der Waals surface area contributed by atoms with E-state index in [1.54, 1.807) is 0 Å². The summed E-state index contributed by atoms with van der Waals surface area (Å²) in [5, 5.41) is 0. The number of likely N-dealkylation sites (tertiary alicyclic amines) is 1. The maximum Gasteiger partial charge on any atom is 0.209 e. The average Bonchev–Trinajstić information content (AvgIpc) is 3.30. The van der Waals surface area contributed by atoms with Crippen LogP contribution >= 0.6 is 0 Å². The van der Waals surface area contributed by atoms with Crippen molar-refractivity contribution in [3.8, 4) is 11.3 Å². The second kappa shape index (κ2) is 5.81. The minimum Gasteiger partial charge on any atom is -0.439 e. The van der Waals surface area contributed by atoms with Crippen LogP contribution in [-0.2, 0) is 6.54 Å². The molecule has 0 radical (unpaired) electrons. The zero-order chi connectivity index (χ0) is 14.8. The fourth-order valence-electron chi connectivity index (χ4n) is 3.21. The van der Waals surface area contributed by atoms with Gasteiger partial charge < -0.3 is 9.40 Å². The van der Waals surface area contributed by atoms with Gasteiger partial charge in [0.05, 0.1) is 18.8 Å². The maximum absolute atomic E-state index is 5.93. The van der Waals surface area contributed by atoms with Crippen LogP contribution in [0.4, 0.5) is 0 Å². The fourth-order valence-corrected chi connectivity index (χ4v) is 3.21. The van der Waals surface area contributed by atoms with Crippen molar-refractivity contribution >= 4 is 0 Å². The lowest BCUT2D eigenvalue weighted by atomic mass is 10.1. The topological polar surface area (TPSA) is 45.1 Å². The van der Waals surface area contributed by atoms with Gasteiger partial charge in [0.25, 0.3) is 0 Å². The lowest BCUT2D eigenvalue weighted by Crippen LogP contribution is -2.23. The summed E-state index contributed by atoms with van der Waals surface area (Å²) in [7, 11) is 0. The zero-order valence-corrected chi connectivity index (χ0v) is 12.4. The van der Waals surface area contributed by atoms with Gasteiger partial charge in [-0.25, -0.2) is 4.98 Å². The minimum atomic E-state index is 0.446. The summed E-state index contributed by atoms with van der Waals surface area (Å²) < 4.78 is 5.93. The molecule has 112 valence electrons. The van der Waals surface area contributed by atoms with Gasteiger partial charge in [0.15, 0.2) is 5.76 Å². The van der Waals surface area contributed by atoms with Crippen LogP contribution < -0.4 is 0 Å². The molecule has 3 aromatic rings. The average molecular weight is 293 g/mol. The molecule has 4 rings (SSSR count). The SMILES string of the molecule is c1ccc(-c2cnc(CN3CCC[C@H]3c3ccc[nH]3)o2)cc1. The van der Waals surface area contributed by atoms with Crippen LogP contribution in [-0.4, -0.2) is 21.4 Å². The van der Waals surface area contributed by atoms with Gasteiger partial charge in [-0.05, 0) is 31.5 Å². The molecule has 1 aliphatic heterocycles. The van der Waals surface area contributed by atoms with Crippen molar-refractivity contribution in [1.29, 1.82) is 0 Å². The summed E-state index contributed by atoms with van der Waals surface area (Å²) in [6.07, 6.45) is 6.22. The number of aromatic nitrogens is 2. The molecule has 1 aliphatic rings. The lowest BCUT2D eigenvalue weighted by Gasteiger charge is -2.21. The van der Waals surface area contributed by atoms with E-state index in [0.717, 1.165) is 30.3 Å². The van der Waals surface area contributed by atoms with Crippen molar-refractivity contribution in [3.63, 3.8) is 0 Å². The normalized spacial score (nSPS) is 18.8. The second-order valence-electron chi connectivity index (χ2n) is 5.74. The monoisotopic (exact) mass is 293 g/mol. The van der Waals surface area contributed by atoms with Crippen molar-refractivity contribution in [3.05, 3.63) is 66.4 Å². The second-order valence-corrected chi connectivity index (χ2v) is 5.74. The van der Waals surface area contributed by atoms with Gasteiger partial charge in [0.2, 0.25) is 5.89 Å². The summed E-state index contributed by atoms with van der Waals surface area (Å²) in [5.74, 6) is 1.63. The number of aromatic amines is 1. The lowest BCUT2D eigenvalue weighted by molar-refractivity contribution is 0.221. The highest BCUT2D eigenvalue weighted by atomic mass is 16.4. The third-order valence-electron chi connectivity index (χ3n) is 4.29. The quantitative estimate of drug-likeness (QED) is 0.790. The molecule has 1 aromatic carbocycles. The summed E-state index contributed by atoms with van der Waals surface area (Å²) in [5.41, 5.74) is 2.36. The third-order valence-corrected chi connectivity index (χ3v) is 4.29. The van der Waals surface area contributed by atoms with E-state index in [1.807, 2.05) is 42.7 Å². The van der Waals surface area contributed by atoms with Gasteiger partial charge in [-0.2, -0.15) is 0 Å². The molecule has 0 amide bonds. The number of nitrogens with zero attached hydrogens (tertiary/aromatic N) is 2.